The maximum absolute atomic E-state index is 12.4. The van der Waals surface area contributed by atoms with E-state index in [2.05, 4.69) is 4.99 Å². The molecule has 1 aliphatic heterocycles. The van der Waals surface area contributed by atoms with Gasteiger partial charge in [0.1, 0.15) is 5.69 Å². The van der Waals surface area contributed by atoms with Crippen LogP contribution in [-0.2, 0) is 9.53 Å². The first kappa shape index (κ1) is 18.0. The first-order valence-corrected chi connectivity index (χ1v) is 7.72. The fourth-order valence-electron chi connectivity index (χ4n) is 1.79. The number of imide groups is 1. The molecule has 1 fully saturated rings. The van der Waals surface area contributed by atoms with Gasteiger partial charge in [-0.1, -0.05) is 69.2 Å². The van der Waals surface area contributed by atoms with E-state index in [1.165, 1.54) is 7.11 Å². The molecule has 2 rings (SSSR count). The predicted molar refractivity (Wildman–Crippen MR) is 90.0 cm³/mol. The van der Waals surface area contributed by atoms with E-state index >= 15 is 0 Å². The average molecular weight is 398 g/mol. The number of aliphatic imine (C=N–C) groups is 1. The van der Waals surface area contributed by atoms with E-state index in [0.29, 0.717) is 5.69 Å². The number of halogens is 4. The highest BCUT2D eigenvalue weighted by molar-refractivity contribution is 6.70. The van der Waals surface area contributed by atoms with Gasteiger partial charge in [0, 0.05) is 0 Å². The van der Waals surface area contributed by atoms with Gasteiger partial charge in [0.25, 0.3) is 6.40 Å². The lowest BCUT2D eigenvalue weighted by atomic mass is 10.3. The third kappa shape index (κ3) is 3.77. The lowest BCUT2D eigenvalue weighted by Gasteiger charge is -2.14. The van der Waals surface area contributed by atoms with Gasteiger partial charge in [-0.05, 0) is 12.1 Å². The number of para-hydroxylation sites is 1. The van der Waals surface area contributed by atoms with Crippen molar-refractivity contribution in [2.75, 3.05) is 12.0 Å². The van der Waals surface area contributed by atoms with Gasteiger partial charge < -0.3 is 4.74 Å². The highest BCUT2D eigenvalue weighted by Crippen LogP contribution is 2.35. The molecule has 0 N–H and O–H groups in total. The predicted octanol–water partition coefficient (Wildman–Crippen LogP) is 3.17. The molecule has 23 heavy (non-hydrogen) atoms. The Balaban J connectivity index is 2.56. The Morgan fingerprint density at radius 2 is 1.87 bits per heavy atom. The van der Waals surface area contributed by atoms with Crippen LogP contribution >= 0.6 is 46.4 Å². The van der Waals surface area contributed by atoms with E-state index < -0.39 is 21.2 Å². The Hall–Kier alpha value is -1.34. The quantitative estimate of drug-likeness (QED) is 0.259. The zero-order chi connectivity index (χ0) is 17.2. The van der Waals surface area contributed by atoms with Gasteiger partial charge in [-0.2, -0.15) is 4.79 Å². The standard InChI is InChI=1S/C13H10Cl4N3O3/c1-23-7-19-10(21)9(18-11(14)13(15,16)17)20(12(19)22)8-5-3-2-4-6-8/h2-7,11H,1H3/q+1. The number of hydrogen-bond acceptors (Lipinski definition) is 4. The van der Waals surface area contributed by atoms with E-state index in [-0.39, 0.29) is 5.84 Å². The summed E-state index contributed by atoms with van der Waals surface area (Å²) in [6.45, 7) is 0. The van der Waals surface area contributed by atoms with Crippen molar-refractivity contribution in [2.24, 2.45) is 4.99 Å². The molecule has 3 amide bonds. The van der Waals surface area contributed by atoms with E-state index in [1.54, 1.807) is 30.3 Å². The van der Waals surface area contributed by atoms with Crippen molar-refractivity contribution in [3.05, 3.63) is 30.3 Å². The molecule has 1 saturated heterocycles. The summed E-state index contributed by atoms with van der Waals surface area (Å²) in [4.78, 5) is 29.8. The second-order valence-electron chi connectivity index (χ2n) is 4.30. The summed E-state index contributed by atoms with van der Waals surface area (Å²) in [5.41, 5.74) is -0.960. The van der Waals surface area contributed by atoms with Gasteiger partial charge in [-0.25, -0.2) is 9.79 Å². The molecule has 10 heteroatoms. The van der Waals surface area contributed by atoms with Gasteiger partial charge in [0.2, 0.25) is 3.79 Å². The molecule has 1 heterocycles. The van der Waals surface area contributed by atoms with Crippen molar-refractivity contribution >= 4 is 76.3 Å². The molecule has 1 unspecified atom stereocenters. The highest BCUT2D eigenvalue weighted by Gasteiger charge is 2.52. The summed E-state index contributed by atoms with van der Waals surface area (Å²) in [7, 11) is 1.30. The second-order valence-corrected chi connectivity index (χ2v) is 7.08. The van der Waals surface area contributed by atoms with E-state index in [1.807, 2.05) is 0 Å². The number of amidine groups is 1. The zero-order valence-electron chi connectivity index (χ0n) is 11.6. The van der Waals surface area contributed by atoms with Crippen molar-refractivity contribution in [2.45, 2.75) is 9.29 Å². The molecular formula is C13H10Cl4N3O3+. The van der Waals surface area contributed by atoms with Gasteiger partial charge in [0.15, 0.2) is 5.50 Å². The number of urea groups is 1. The lowest BCUT2D eigenvalue weighted by molar-refractivity contribution is -0.345. The third-order valence-electron chi connectivity index (χ3n) is 2.75. The number of carbonyl (C=O) groups excluding carboxylic acids is 2. The first-order valence-electron chi connectivity index (χ1n) is 6.14. The van der Waals surface area contributed by atoms with Crippen molar-refractivity contribution < 1.29 is 18.9 Å². The molecular weight excluding hydrogens is 388 g/mol. The molecule has 6 nitrogen and oxygen atoms in total. The smallest absolute Gasteiger partial charge is 0.471 e. The van der Waals surface area contributed by atoms with Crippen LogP contribution in [0.1, 0.15) is 0 Å². The van der Waals surface area contributed by atoms with Crippen LogP contribution in [0.15, 0.2) is 35.3 Å². The Morgan fingerprint density at radius 1 is 1.26 bits per heavy atom. The molecule has 0 saturated carbocycles. The van der Waals surface area contributed by atoms with E-state index in [9.17, 15) is 9.59 Å². The highest BCUT2D eigenvalue weighted by atomic mass is 35.6. The average Bonchev–Trinajstić information content (AvgIpc) is 2.72. The van der Waals surface area contributed by atoms with Crippen LogP contribution in [0, 0.1) is 0 Å². The fourth-order valence-corrected chi connectivity index (χ4v) is 2.03. The summed E-state index contributed by atoms with van der Waals surface area (Å²) < 4.78 is 3.54. The number of carbonyl (C=O) groups is 2. The number of ether oxygens (including phenoxy) is 1. The number of anilines is 1. The van der Waals surface area contributed by atoms with Crippen molar-refractivity contribution in [1.29, 1.82) is 0 Å². The number of amides is 3. The first-order chi connectivity index (χ1) is 10.8. The van der Waals surface area contributed by atoms with Crippen LogP contribution in [0.25, 0.3) is 0 Å². The third-order valence-corrected chi connectivity index (χ3v) is 4.13. The Kier molecular flexibility index (Phi) is 5.52. The van der Waals surface area contributed by atoms with Crippen molar-refractivity contribution in [3.63, 3.8) is 0 Å². The van der Waals surface area contributed by atoms with Crippen LogP contribution in [0.3, 0.4) is 0 Å². The molecule has 1 aliphatic rings. The number of rotatable bonds is 3. The maximum Gasteiger partial charge on any atom is 0.515 e. The van der Waals surface area contributed by atoms with E-state index in [0.717, 1.165) is 15.9 Å². The molecule has 0 bridgehead atoms. The number of alkyl halides is 4. The fraction of sp³-hybridized carbons (Fsp3) is 0.231. The monoisotopic (exact) mass is 396 g/mol. The van der Waals surface area contributed by atoms with Gasteiger partial charge in [-0.3, -0.25) is 0 Å². The van der Waals surface area contributed by atoms with Crippen LogP contribution in [-0.4, -0.2) is 45.2 Å². The largest absolute Gasteiger partial charge is 0.515 e. The molecule has 0 radical (unpaired) electrons. The van der Waals surface area contributed by atoms with Crippen LogP contribution < -0.4 is 4.90 Å². The summed E-state index contributed by atoms with van der Waals surface area (Å²) in [6.07, 6.45) is 0.960. The molecule has 0 aliphatic carbocycles. The number of hydrogen-bond donors (Lipinski definition) is 0. The molecule has 0 spiro atoms. The summed E-state index contributed by atoms with van der Waals surface area (Å²) in [5.74, 6) is -1.03. The van der Waals surface area contributed by atoms with E-state index in [4.69, 9.17) is 51.1 Å². The molecule has 0 aromatic heterocycles. The zero-order valence-corrected chi connectivity index (χ0v) is 14.6. The molecule has 1 aromatic rings. The Morgan fingerprint density at radius 3 is 2.39 bits per heavy atom. The van der Waals surface area contributed by atoms with Gasteiger partial charge in [-0.15, -0.1) is 4.90 Å². The van der Waals surface area contributed by atoms with Crippen LogP contribution in [0.5, 0.6) is 0 Å². The minimum absolute atomic E-state index is 0.277. The molecule has 1 aromatic carbocycles. The minimum atomic E-state index is -1.95. The maximum atomic E-state index is 12.4. The second kappa shape index (κ2) is 7.05. The SMILES string of the molecule is COC=[N+]1C(=O)C(=NC(Cl)C(Cl)(Cl)Cl)N(c2ccccc2)C1=O. The van der Waals surface area contributed by atoms with Crippen molar-refractivity contribution in [3.8, 4) is 0 Å². The molecule has 1 atom stereocenters. The van der Waals surface area contributed by atoms with Gasteiger partial charge >= 0.3 is 17.8 Å². The molecule has 122 valence electrons. The minimum Gasteiger partial charge on any atom is -0.471 e. The van der Waals surface area contributed by atoms with Crippen LogP contribution in [0.2, 0.25) is 0 Å². The number of benzene rings is 1. The summed E-state index contributed by atoms with van der Waals surface area (Å²) >= 11 is 22.9. The van der Waals surface area contributed by atoms with Gasteiger partial charge in [0.05, 0.1) is 7.11 Å². The van der Waals surface area contributed by atoms with Crippen LogP contribution in [0.4, 0.5) is 10.5 Å². The number of nitrogens with zero attached hydrogens (tertiary/aromatic N) is 3. The Bertz CT molecular complexity index is 685. The Labute approximate surface area is 151 Å². The summed E-state index contributed by atoms with van der Waals surface area (Å²) in [5, 5.41) is 0. The lowest BCUT2D eigenvalue weighted by Crippen LogP contribution is -2.33. The normalized spacial score (nSPS) is 20.5. The topological polar surface area (TPSA) is 62.0 Å². The number of methoxy groups -OCH3 is 1. The summed E-state index contributed by atoms with van der Waals surface area (Å²) in [6, 6.07) is 7.70. The van der Waals surface area contributed by atoms with Crippen molar-refractivity contribution in [1.82, 2.24) is 0 Å².